The zero-order valence-electron chi connectivity index (χ0n) is 16.6. The van der Waals surface area contributed by atoms with Crippen LogP contribution in [0, 0.1) is 13.1 Å². The minimum atomic E-state index is -6.61. The molecule has 0 aromatic heterocycles. The predicted molar refractivity (Wildman–Crippen MR) is 124 cm³/mol. The summed E-state index contributed by atoms with van der Waals surface area (Å²) in [6.07, 6.45) is -1.60. The van der Waals surface area contributed by atoms with Gasteiger partial charge in [0.05, 0.1) is 27.8 Å². The van der Waals surface area contributed by atoms with Gasteiger partial charge in [-0.05, 0) is 63.7 Å². The molecule has 2 saturated heterocycles. The van der Waals surface area contributed by atoms with Crippen LogP contribution in [0.15, 0.2) is 12.1 Å². The van der Waals surface area contributed by atoms with Crippen LogP contribution in [0.3, 0.4) is 0 Å². The minimum Gasteiger partial charge on any atom is -0.743 e. The highest BCUT2D eigenvalue weighted by atomic mass is 127. The van der Waals surface area contributed by atoms with Crippen LogP contribution in [-0.2, 0) is 24.4 Å². The number of esters is 2. The maximum Gasteiger partial charge on any atom is 0.396 e. The van der Waals surface area contributed by atoms with Gasteiger partial charge in [-0.1, -0.05) is 0 Å². The zero-order chi connectivity index (χ0) is 25.3. The Kier molecular flexibility index (Phi) is 6.82. The Labute approximate surface area is 221 Å². The SMILES string of the molecule is O=C1OC2(CC3SC2CC3C(=O)OCCC(F)(F)C(F)(F)S(=O)(=O)[O-])Oc2c(I)cc(I)cc21. The van der Waals surface area contributed by atoms with Gasteiger partial charge in [0.2, 0.25) is 0 Å². The number of fused-ring (bicyclic) bond motifs is 4. The first-order valence-electron chi connectivity index (χ1n) is 9.52. The average molecular weight is 751 g/mol. The molecule has 4 atom stereocenters. The van der Waals surface area contributed by atoms with Crippen LogP contribution in [-0.4, -0.2) is 59.0 Å². The summed E-state index contributed by atoms with van der Waals surface area (Å²) in [5, 5.41) is -6.74. The van der Waals surface area contributed by atoms with Crippen LogP contribution >= 0.6 is 56.9 Å². The average Bonchev–Trinajstić information content (AvgIpc) is 3.26. The van der Waals surface area contributed by atoms with Gasteiger partial charge in [-0.3, -0.25) is 4.79 Å². The highest BCUT2D eigenvalue weighted by molar-refractivity contribution is 14.1. The summed E-state index contributed by atoms with van der Waals surface area (Å²) in [6, 6.07) is 3.45. The highest BCUT2D eigenvalue weighted by Gasteiger charge is 2.64. The van der Waals surface area contributed by atoms with Crippen LogP contribution in [0.1, 0.15) is 29.6 Å². The summed E-state index contributed by atoms with van der Waals surface area (Å²) < 4.78 is 103. The molecular formula is C18H13F4I2O8S2-. The molecule has 3 aliphatic heterocycles. The Bertz CT molecular complexity index is 1160. The van der Waals surface area contributed by atoms with Crippen LogP contribution in [0.25, 0.3) is 0 Å². The Morgan fingerprint density at radius 2 is 1.94 bits per heavy atom. The van der Waals surface area contributed by atoms with E-state index in [9.17, 15) is 40.1 Å². The summed E-state index contributed by atoms with van der Waals surface area (Å²) in [4.78, 5) is 25.0. The third kappa shape index (κ3) is 4.38. The molecule has 0 radical (unpaired) electrons. The second-order valence-electron chi connectivity index (χ2n) is 7.87. The molecule has 3 aliphatic rings. The summed E-state index contributed by atoms with van der Waals surface area (Å²) in [5.74, 6) is -8.44. The fourth-order valence-electron chi connectivity index (χ4n) is 4.03. The van der Waals surface area contributed by atoms with Gasteiger partial charge in [-0.25, -0.2) is 13.2 Å². The van der Waals surface area contributed by atoms with E-state index in [-0.39, 0.29) is 18.4 Å². The zero-order valence-corrected chi connectivity index (χ0v) is 22.5. The first kappa shape index (κ1) is 26.5. The molecule has 1 spiro atoms. The third-order valence-electron chi connectivity index (χ3n) is 5.70. The topological polar surface area (TPSA) is 119 Å². The van der Waals surface area contributed by atoms with E-state index >= 15 is 0 Å². The van der Waals surface area contributed by atoms with Gasteiger partial charge in [-0.2, -0.15) is 17.6 Å². The molecule has 1 aromatic carbocycles. The summed E-state index contributed by atoms with van der Waals surface area (Å²) in [7, 11) is -6.61. The monoisotopic (exact) mass is 751 g/mol. The van der Waals surface area contributed by atoms with Crippen molar-refractivity contribution in [1.82, 2.24) is 0 Å². The Morgan fingerprint density at radius 3 is 2.53 bits per heavy atom. The number of carbonyl (C=O) groups excluding carboxylic acids is 2. The van der Waals surface area contributed by atoms with E-state index in [0.717, 1.165) is 3.57 Å². The van der Waals surface area contributed by atoms with Crippen LogP contribution in [0.5, 0.6) is 5.75 Å². The van der Waals surface area contributed by atoms with Crippen molar-refractivity contribution in [2.45, 2.75) is 46.7 Å². The van der Waals surface area contributed by atoms with Crippen molar-refractivity contribution >= 4 is 79.0 Å². The second-order valence-corrected chi connectivity index (χ2v) is 13.1. The molecule has 16 heteroatoms. The Balaban J connectivity index is 1.39. The molecule has 188 valence electrons. The van der Waals surface area contributed by atoms with Crippen LogP contribution in [0.2, 0.25) is 0 Å². The molecule has 8 nitrogen and oxygen atoms in total. The number of benzene rings is 1. The van der Waals surface area contributed by atoms with E-state index in [4.69, 9.17) is 14.2 Å². The first-order chi connectivity index (χ1) is 15.6. The van der Waals surface area contributed by atoms with Gasteiger partial charge >= 0.3 is 23.1 Å². The fourth-order valence-corrected chi connectivity index (χ4v) is 8.33. The molecule has 4 rings (SSSR count). The van der Waals surface area contributed by atoms with Gasteiger partial charge in [0.1, 0.15) is 5.56 Å². The lowest BCUT2D eigenvalue weighted by atomic mass is 9.84. The number of hydrogen-bond acceptors (Lipinski definition) is 9. The number of hydrogen-bond donors (Lipinski definition) is 0. The number of halogens is 6. The maximum atomic E-state index is 13.5. The molecule has 0 aliphatic carbocycles. The molecule has 0 amide bonds. The van der Waals surface area contributed by atoms with Crippen LogP contribution in [0.4, 0.5) is 17.6 Å². The quantitative estimate of drug-likeness (QED) is 0.186. The normalized spacial score (nSPS) is 28.4. The van der Waals surface area contributed by atoms with Crippen molar-refractivity contribution in [3.05, 3.63) is 24.8 Å². The Hall–Kier alpha value is -0.600. The first-order valence-corrected chi connectivity index (χ1v) is 14.0. The van der Waals surface area contributed by atoms with Crippen molar-refractivity contribution < 1.29 is 54.3 Å². The third-order valence-corrected chi connectivity index (χ3v) is 9.78. The van der Waals surface area contributed by atoms with E-state index in [0.29, 0.717) is 9.32 Å². The lowest BCUT2D eigenvalue weighted by Gasteiger charge is -2.41. The highest BCUT2D eigenvalue weighted by Crippen LogP contribution is 2.58. The standard InChI is InChI=1S/C18H14F4I2O8S2/c19-17(20,18(21,22)34(27,28)29)1-2-30-14(25)8-5-12-16(6-11(8)33-12)31-13-9(15(26)32-16)3-7(23)4-10(13)24/h3-4,8,11-12H,1-2,5-6H2,(H,27,28,29)/p-1. The van der Waals surface area contributed by atoms with Crippen molar-refractivity contribution in [2.75, 3.05) is 6.61 Å². The minimum absolute atomic E-state index is 0.123. The lowest BCUT2D eigenvalue weighted by molar-refractivity contribution is -0.180. The smallest absolute Gasteiger partial charge is 0.396 e. The van der Waals surface area contributed by atoms with E-state index in [2.05, 4.69) is 22.6 Å². The number of ether oxygens (including phenoxy) is 3. The van der Waals surface area contributed by atoms with Gasteiger partial charge in [0.15, 0.2) is 15.9 Å². The number of alkyl halides is 4. The van der Waals surface area contributed by atoms with Gasteiger partial charge < -0.3 is 18.8 Å². The van der Waals surface area contributed by atoms with Crippen LogP contribution < -0.4 is 4.74 Å². The predicted octanol–water partition coefficient (Wildman–Crippen LogP) is 3.74. The van der Waals surface area contributed by atoms with E-state index < -0.39 is 68.5 Å². The lowest BCUT2D eigenvalue weighted by Crippen LogP contribution is -2.53. The maximum absolute atomic E-state index is 13.5. The van der Waals surface area contributed by atoms with E-state index in [1.165, 1.54) is 11.8 Å². The number of carbonyl (C=O) groups is 2. The number of rotatable bonds is 6. The van der Waals surface area contributed by atoms with Crippen molar-refractivity contribution in [3.8, 4) is 5.75 Å². The molecule has 4 unspecified atom stereocenters. The molecular weight excluding hydrogens is 738 g/mol. The molecule has 2 fully saturated rings. The van der Waals surface area contributed by atoms with E-state index in [1.807, 2.05) is 28.7 Å². The van der Waals surface area contributed by atoms with Crippen molar-refractivity contribution in [2.24, 2.45) is 5.92 Å². The van der Waals surface area contributed by atoms with Gasteiger partial charge in [0.25, 0.3) is 5.79 Å². The van der Waals surface area contributed by atoms with Gasteiger partial charge in [-0.15, -0.1) is 11.8 Å². The molecule has 0 saturated carbocycles. The van der Waals surface area contributed by atoms with Gasteiger partial charge in [0, 0.05) is 15.2 Å². The number of thioether (sulfide) groups is 1. The molecule has 1 aromatic rings. The molecule has 0 N–H and O–H groups in total. The molecule has 2 bridgehead atoms. The Morgan fingerprint density at radius 1 is 1.26 bits per heavy atom. The summed E-state index contributed by atoms with van der Waals surface area (Å²) in [6.45, 7) is -1.21. The second kappa shape index (κ2) is 8.76. The molecule has 3 heterocycles. The fraction of sp³-hybridized carbons (Fsp3) is 0.556. The largest absolute Gasteiger partial charge is 0.743 e. The molecule has 34 heavy (non-hydrogen) atoms. The van der Waals surface area contributed by atoms with E-state index in [1.54, 1.807) is 6.07 Å². The summed E-state index contributed by atoms with van der Waals surface area (Å²) >= 11 is 5.40. The van der Waals surface area contributed by atoms with Crippen molar-refractivity contribution in [1.29, 1.82) is 0 Å². The summed E-state index contributed by atoms with van der Waals surface area (Å²) in [5.41, 5.74) is 0.281. The van der Waals surface area contributed by atoms with Crippen molar-refractivity contribution in [3.63, 3.8) is 0 Å².